The van der Waals surface area contributed by atoms with Crippen LogP contribution in [0.5, 0.6) is 5.75 Å². The summed E-state index contributed by atoms with van der Waals surface area (Å²) in [5.74, 6) is -0.585. The lowest BCUT2D eigenvalue weighted by Gasteiger charge is -2.40. The minimum atomic E-state index is -4.77. The molecule has 1 aliphatic heterocycles. The molecular weight excluding hydrogens is 409 g/mol. The number of alkyl halides is 3. The van der Waals surface area contributed by atoms with Crippen LogP contribution in [0.25, 0.3) is 10.2 Å². The van der Waals surface area contributed by atoms with E-state index in [4.69, 9.17) is 0 Å². The second-order valence-corrected chi connectivity index (χ2v) is 8.27. The number of rotatable bonds is 4. The lowest BCUT2D eigenvalue weighted by molar-refractivity contribution is -0.274. The molecule has 2 fully saturated rings. The molecule has 156 valence electrons. The van der Waals surface area contributed by atoms with Gasteiger partial charge in [0.25, 0.3) is 0 Å². The van der Waals surface area contributed by atoms with E-state index in [1.165, 1.54) is 18.2 Å². The van der Waals surface area contributed by atoms with E-state index in [9.17, 15) is 22.8 Å². The molecule has 0 bridgehead atoms. The number of ether oxygens (including phenoxy) is 1. The molecule has 2 heterocycles. The maximum absolute atomic E-state index is 12.5. The van der Waals surface area contributed by atoms with Crippen molar-refractivity contribution in [2.45, 2.75) is 44.5 Å². The van der Waals surface area contributed by atoms with Gasteiger partial charge in [0.2, 0.25) is 11.8 Å². The van der Waals surface area contributed by atoms with Gasteiger partial charge < -0.3 is 10.1 Å². The van der Waals surface area contributed by atoms with Crippen LogP contribution in [0.1, 0.15) is 32.1 Å². The highest BCUT2D eigenvalue weighted by Crippen LogP contribution is 2.36. The van der Waals surface area contributed by atoms with Crippen molar-refractivity contribution in [3.63, 3.8) is 0 Å². The average molecular weight is 428 g/mol. The summed E-state index contributed by atoms with van der Waals surface area (Å²) in [6.07, 6.45) is -0.828. The van der Waals surface area contributed by atoms with Crippen molar-refractivity contribution < 1.29 is 27.5 Å². The number of hydrogen-bond donors (Lipinski definition) is 3. The Morgan fingerprint density at radius 3 is 2.90 bits per heavy atom. The van der Waals surface area contributed by atoms with Gasteiger partial charge in [0.15, 0.2) is 5.13 Å². The fraction of sp³-hybridized carbons (Fsp3) is 0.500. The number of hydrogen-bond acceptors (Lipinski definition) is 6. The van der Waals surface area contributed by atoms with Crippen LogP contribution in [0.15, 0.2) is 18.2 Å². The zero-order valence-electron chi connectivity index (χ0n) is 15.2. The molecule has 7 nitrogen and oxygen atoms in total. The molecule has 11 heteroatoms. The Kier molecular flexibility index (Phi) is 5.34. The van der Waals surface area contributed by atoms with Gasteiger partial charge in [-0.25, -0.2) is 10.4 Å². The Labute approximate surface area is 168 Å². The number of hydrazine groups is 1. The SMILES string of the molecule is O=C(CC1NNC(=O)C2CCCCC12)Nc1nc2ccc(OC(F)(F)F)cc2s1. The van der Waals surface area contributed by atoms with Crippen molar-refractivity contribution in [3.8, 4) is 5.75 Å². The normalized spacial score (nSPS) is 24.7. The Balaban J connectivity index is 1.41. The zero-order valence-corrected chi connectivity index (χ0v) is 16.0. The van der Waals surface area contributed by atoms with Crippen LogP contribution in [0, 0.1) is 11.8 Å². The van der Waals surface area contributed by atoms with Gasteiger partial charge in [0, 0.05) is 24.4 Å². The quantitative estimate of drug-likeness (QED) is 0.695. The number of anilines is 1. The molecule has 1 saturated carbocycles. The molecule has 3 unspecified atom stereocenters. The van der Waals surface area contributed by atoms with Gasteiger partial charge >= 0.3 is 6.36 Å². The zero-order chi connectivity index (χ0) is 20.6. The molecule has 0 spiro atoms. The Morgan fingerprint density at radius 2 is 2.10 bits per heavy atom. The maximum atomic E-state index is 12.5. The van der Waals surface area contributed by atoms with Crippen LogP contribution < -0.4 is 20.9 Å². The second-order valence-electron chi connectivity index (χ2n) is 7.24. The van der Waals surface area contributed by atoms with Gasteiger partial charge in [-0.15, -0.1) is 13.2 Å². The van der Waals surface area contributed by atoms with Gasteiger partial charge in [0.1, 0.15) is 5.75 Å². The predicted octanol–water partition coefficient (Wildman–Crippen LogP) is 3.33. The van der Waals surface area contributed by atoms with E-state index < -0.39 is 6.36 Å². The summed E-state index contributed by atoms with van der Waals surface area (Å²) in [7, 11) is 0. The van der Waals surface area contributed by atoms with Crippen LogP contribution in [0.4, 0.5) is 18.3 Å². The van der Waals surface area contributed by atoms with Crippen molar-refractivity contribution in [3.05, 3.63) is 18.2 Å². The number of aromatic nitrogens is 1. The van der Waals surface area contributed by atoms with Crippen molar-refractivity contribution in [2.24, 2.45) is 11.8 Å². The summed E-state index contributed by atoms with van der Waals surface area (Å²) in [5, 5.41) is 3.01. The molecule has 2 amide bonds. The summed E-state index contributed by atoms with van der Waals surface area (Å²) < 4.78 is 41.5. The molecule has 2 aliphatic rings. The Hall–Kier alpha value is -2.40. The highest BCUT2D eigenvalue weighted by Gasteiger charge is 2.40. The first-order valence-electron chi connectivity index (χ1n) is 9.30. The third-order valence-electron chi connectivity index (χ3n) is 5.30. The third kappa shape index (κ3) is 4.61. The number of thiazole rings is 1. The van der Waals surface area contributed by atoms with Gasteiger partial charge in [-0.1, -0.05) is 24.2 Å². The van der Waals surface area contributed by atoms with Gasteiger partial charge in [-0.3, -0.25) is 15.0 Å². The fourth-order valence-electron chi connectivity index (χ4n) is 4.06. The van der Waals surface area contributed by atoms with E-state index in [1.54, 1.807) is 0 Å². The predicted molar refractivity (Wildman–Crippen MR) is 100 cm³/mol. The lowest BCUT2D eigenvalue weighted by atomic mass is 9.73. The molecule has 4 rings (SSSR count). The molecule has 1 saturated heterocycles. The Bertz CT molecular complexity index is 933. The van der Waals surface area contributed by atoms with E-state index in [1.807, 2.05) is 0 Å². The van der Waals surface area contributed by atoms with Crippen LogP contribution in [0.3, 0.4) is 0 Å². The van der Waals surface area contributed by atoms with Crippen molar-refractivity contribution in [2.75, 3.05) is 5.32 Å². The second kappa shape index (κ2) is 7.79. The van der Waals surface area contributed by atoms with Crippen molar-refractivity contribution >= 4 is 38.5 Å². The highest BCUT2D eigenvalue weighted by molar-refractivity contribution is 7.22. The number of fused-ring (bicyclic) bond motifs is 2. The lowest BCUT2D eigenvalue weighted by Crippen LogP contribution is -2.60. The van der Waals surface area contributed by atoms with E-state index in [2.05, 4.69) is 25.9 Å². The number of carbonyl (C=O) groups excluding carboxylic acids is 2. The third-order valence-corrected chi connectivity index (χ3v) is 6.23. The summed E-state index contributed by atoms with van der Waals surface area (Å²) >= 11 is 1.07. The minimum Gasteiger partial charge on any atom is -0.406 e. The van der Waals surface area contributed by atoms with E-state index in [0.717, 1.165) is 37.0 Å². The van der Waals surface area contributed by atoms with E-state index >= 15 is 0 Å². The van der Waals surface area contributed by atoms with Crippen LogP contribution in [0.2, 0.25) is 0 Å². The van der Waals surface area contributed by atoms with Crippen molar-refractivity contribution in [1.82, 2.24) is 15.8 Å². The monoisotopic (exact) mass is 428 g/mol. The molecule has 2 aromatic rings. The Morgan fingerprint density at radius 1 is 1.31 bits per heavy atom. The fourth-order valence-corrected chi connectivity index (χ4v) is 4.97. The number of carbonyl (C=O) groups is 2. The van der Waals surface area contributed by atoms with Gasteiger partial charge in [-0.2, -0.15) is 0 Å². The van der Waals surface area contributed by atoms with Gasteiger partial charge in [-0.05, 0) is 30.9 Å². The summed E-state index contributed by atoms with van der Waals surface area (Å²) in [6, 6.07) is 3.66. The van der Waals surface area contributed by atoms with Crippen LogP contribution in [-0.2, 0) is 9.59 Å². The smallest absolute Gasteiger partial charge is 0.406 e. The number of nitrogens with one attached hydrogen (secondary N) is 3. The molecule has 1 aromatic carbocycles. The molecule has 3 N–H and O–H groups in total. The van der Waals surface area contributed by atoms with Crippen molar-refractivity contribution in [1.29, 1.82) is 0 Å². The minimum absolute atomic E-state index is 0.0191. The first kappa shape index (κ1) is 19.9. The summed E-state index contributed by atoms with van der Waals surface area (Å²) in [5.41, 5.74) is 6.07. The van der Waals surface area contributed by atoms with Crippen LogP contribution >= 0.6 is 11.3 Å². The molecule has 29 heavy (non-hydrogen) atoms. The highest BCUT2D eigenvalue weighted by atomic mass is 32.1. The topological polar surface area (TPSA) is 92.4 Å². The molecule has 1 aliphatic carbocycles. The summed E-state index contributed by atoms with van der Waals surface area (Å²) in [6.45, 7) is 0. The van der Waals surface area contributed by atoms with E-state index in [0.29, 0.717) is 15.3 Å². The largest absolute Gasteiger partial charge is 0.573 e. The maximum Gasteiger partial charge on any atom is 0.573 e. The standard InChI is InChI=1S/C18H19F3N4O3S/c19-18(20,21)28-9-5-6-12-14(7-9)29-17(22-12)23-15(26)8-13-10-3-1-2-4-11(10)16(27)25-24-13/h5-7,10-11,13,24H,1-4,8H2,(H,25,27)(H,22,23,26). The number of nitrogens with zero attached hydrogens (tertiary/aromatic N) is 1. The summed E-state index contributed by atoms with van der Waals surface area (Å²) in [4.78, 5) is 28.7. The number of benzene rings is 1. The molecule has 1 aromatic heterocycles. The molecule has 0 radical (unpaired) electrons. The first-order chi connectivity index (χ1) is 13.8. The van der Waals surface area contributed by atoms with Gasteiger partial charge in [0.05, 0.1) is 10.2 Å². The van der Waals surface area contributed by atoms with Crippen LogP contribution in [-0.4, -0.2) is 29.2 Å². The number of halogens is 3. The molecular formula is C18H19F3N4O3S. The average Bonchev–Trinajstić information content (AvgIpc) is 3.04. The first-order valence-corrected chi connectivity index (χ1v) is 10.1. The number of amides is 2. The molecule has 3 atom stereocenters. The van der Waals surface area contributed by atoms with E-state index in [-0.39, 0.29) is 41.9 Å².